The Bertz CT molecular complexity index is 784. The molecule has 0 aromatic heterocycles. The molecule has 0 nitrogen and oxygen atoms in total. The van der Waals surface area contributed by atoms with Crippen molar-refractivity contribution in [3.63, 3.8) is 0 Å². The molecule has 0 spiro atoms. The molecule has 2 aromatic carbocycles. The molecule has 2 aliphatic carbocycles. The Hall–Kier alpha value is -1.12. The van der Waals surface area contributed by atoms with E-state index in [0.717, 1.165) is 21.8 Å². The van der Waals surface area contributed by atoms with E-state index in [1.165, 1.54) is 33.7 Å². The molecule has 0 aliphatic heterocycles. The van der Waals surface area contributed by atoms with Gasteiger partial charge in [-0.15, -0.1) is 0 Å². The van der Waals surface area contributed by atoms with Gasteiger partial charge in [0.1, 0.15) is 0 Å². The molecule has 0 amide bonds. The van der Waals surface area contributed by atoms with Gasteiger partial charge in [0.15, 0.2) is 0 Å². The van der Waals surface area contributed by atoms with Gasteiger partial charge in [0.2, 0.25) is 0 Å². The highest BCUT2D eigenvalue weighted by molar-refractivity contribution is 9.12. The number of allylic oxidation sites excluding steroid dienone is 4. The van der Waals surface area contributed by atoms with Crippen LogP contribution in [0.5, 0.6) is 0 Å². The van der Waals surface area contributed by atoms with Crippen molar-refractivity contribution in [3.05, 3.63) is 86.2 Å². The van der Waals surface area contributed by atoms with Crippen LogP contribution in [0.3, 0.4) is 0 Å². The lowest BCUT2D eigenvalue weighted by atomic mass is 9.87. The lowest BCUT2D eigenvalue weighted by Gasteiger charge is -2.19. The molecular weight excluding hydrogens is 388 g/mol. The topological polar surface area (TPSA) is 0 Å². The predicted octanol–water partition coefficient (Wildman–Crippen LogP) is 5.94. The van der Waals surface area contributed by atoms with Gasteiger partial charge < -0.3 is 0 Å². The zero-order valence-electron chi connectivity index (χ0n) is 11.3. The van der Waals surface area contributed by atoms with E-state index >= 15 is 0 Å². The first-order chi connectivity index (χ1) is 10.2. The maximum atomic E-state index is 3.59. The monoisotopic (exact) mass is 398 g/mol. The fraction of sp³-hybridized carbons (Fsp3) is 0.105. The van der Waals surface area contributed by atoms with Crippen molar-refractivity contribution < 1.29 is 0 Å². The molecule has 0 atom stereocenters. The van der Waals surface area contributed by atoms with Crippen molar-refractivity contribution in [2.75, 3.05) is 0 Å². The molecule has 0 fully saturated rings. The van der Waals surface area contributed by atoms with Gasteiger partial charge in [-0.25, -0.2) is 0 Å². The molecule has 0 bridgehead atoms. The van der Waals surface area contributed by atoms with Gasteiger partial charge in [-0.2, -0.15) is 0 Å². The summed E-state index contributed by atoms with van der Waals surface area (Å²) in [5.41, 5.74) is 7.01. The summed E-state index contributed by atoms with van der Waals surface area (Å²) in [4.78, 5) is 0. The molecule has 102 valence electrons. The van der Waals surface area contributed by atoms with E-state index in [1.54, 1.807) is 0 Å². The highest BCUT2D eigenvalue weighted by Crippen LogP contribution is 2.43. The summed E-state index contributed by atoms with van der Waals surface area (Å²) in [5.74, 6) is 1.34. The first-order valence-electron chi connectivity index (χ1n) is 6.94. The minimum Gasteiger partial charge on any atom is -0.0619 e. The van der Waals surface area contributed by atoms with Gasteiger partial charge in [0.25, 0.3) is 0 Å². The highest BCUT2D eigenvalue weighted by Gasteiger charge is 2.25. The van der Waals surface area contributed by atoms with Crippen LogP contribution in [0.2, 0.25) is 0 Å². The summed E-state index contributed by atoms with van der Waals surface area (Å²) < 4.78 is 2.10. The normalized spacial score (nSPS) is 17.0. The number of benzene rings is 2. The summed E-state index contributed by atoms with van der Waals surface area (Å²) in [6.45, 7) is 0. The molecule has 2 radical (unpaired) electrons. The van der Waals surface area contributed by atoms with E-state index in [2.05, 4.69) is 86.5 Å². The van der Waals surface area contributed by atoms with Gasteiger partial charge in [-0.3, -0.25) is 0 Å². The van der Waals surface area contributed by atoms with Crippen LogP contribution in [0.1, 0.15) is 23.1 Å². The van der Waals surface area contributed by atoms with Crippen molar-refractivity contribution in [2.24, 2.45) is 0 Å². The molecule has 0 heterocycles. The number of halogens is 2. The van der Waals surface area contributed by atoms with Gasteiger partial charge >= 0.3 is 0 Å². The third-order valence-corrected chi connectivity index (χ3v) is 5.00. The maximum absolute atomic E-state index is 3.59. The second kappa shape index (κ2) is 5.26. The molecule has 4 rings (SSSR count). The van der Waals surface area contributed by atoms with Gasteiger partial charge in [0.05, 0.1) is 0 Å². The standard InChI is InChI=1S/C19H12Br2/c20-14-8-13(9-15(21)11-14)17-6-3-7-18-16-5-2-1-4-12(16)10-19(17)18/h1-8H,9-10H2. The van der Waals surface area contributed by atoms with E-state index in [0.29, 0.717) is 0 Å². The average molecular weight is 400 g/mol. The Kier molecular flexibility index (Phi) is 3.39. The molecule has 2 aliphatic rings. The number of fused-ring (bicyclic) bond motifs is 3. The van der Waals surface area contributed by atoms with E-state index in [4.69, 9.17) is 0 Å². The smallest absolute Gasteiger partial charge is 0.0330 e. The lowest BCUT2D eigenvalue weighted by Crippen LogP contribution is -2.04. The molecular formula is C19H12Br2. The second-order valence-corrected chi connectivity index (χ2v) is 7.20. The van der Waals surface area contributed by atoms with Gasteiger partial charge in [-0.05, 0) is 40.7 Å². The fourth-order valence-electron chi connectivity index (χ4n) is 3.21. The Labute approximate surface area is 141 Å². The van der Waals surface area contributed by atoms with E-state index in [1.807, 2.05) is 0 Å². The minimum atomic E-state index is 0.905. The van der Waals surface area contributed by atoms with Crippen LogP contribution in [0, 0.1) is 12.0 Å². The zero-order valence-corrected chi connectivity index (χ0v) is 14.5. The zero-order chi connectivity index (χ0) is 14.4. The van der Waals surface area contributed by atoms with Crippen molar-refractivity contribution >= 4 is 31.9 Å². The third-order valence-electron chi connectivity index (χ3n) is 4.10. The van der Waals surface area contributed by atoms with E-state index < -0.39 is 0 Å². The summed E-state index contributed by atoms with van der Waals surface area (Å²) >= 11 is 7.14. The van der Waals surface area contributed by atoms with Crippen LogP contribution < -0.4 is 0 Å². The molecule has 2 heteroatoms. The van der Waals surface area contributed by atoms with E-state index in [-0.39, 0.29) is 0 Å². The highest BCUT2D eigenvalue weighted by atomic mass is 79.9. The van der Waals surface area contributed by atoms with Crippen molar-refractivity contribution in [1.82, 2.24) is 0 Å². The summed E-state index contributed by atoms with van der Waals surface area (Å²) in [5, 5.41) is 0. The third kappa shape index (κ3) is 2.35. The SMILES string of the molecule is BrC1=[C]C(Br)=C[C](c2cccc3c2Cc2ccccc2-3)C1. The number of hydrogen-bond donors (Lipinski definition) is 0. The van der Waals surface area contributed by atoms with Crippen LogP contribution in [0.15, 0.2) is 57.5 Å². The summed E-state index contributed by atoms with van der Waals surface area (Å²) in [6.07, 6.45) is 7.37. The van der Waals surface area contributed by atoms with Crippen LogP contribution in [-0.2, 0) is 6.42 Å². The van der Waals surface area contributed by atoms with E-state index in [9.17, 15) is 0 Å². The van der Waals surface area contributed by atoms with Crippen molar-refractivity contribution in [2.45, 2.75) is 12.8 Å². The summed E-state index contributed by atoms with van der Waals surface area (Å²) in [7, 11) is 0. The van der Waals surface area contributed by atoms with Crippen LogP contribution in [0.25, 0.3) is 11.1 Å². The van der Waals surface area contributed by atoms with Crippen LogP contribution in [-0.4, -0.2) is 0 Å². The Balaban J connectivity index is 1.82. The number of rotatable bonds is 1. The predicted molar refractivity (Wildman–Crippen MR) is 94.3 cm³/mol. The average Bonchev–Trinajstić information content (AvgIpc) is 2.84. The Morgan fingerprint density at radius 3 is 2.43 bits per heavy atom. The number of hydrogen-bond acceptors (Lipinski definition) is 0. The molecule has 21 heavy (non-hydrogen) atoms. The Morgan fingerprint density at radius 2 is 1.57 bits per heavy atom. The lowest BCUT2D eigenvalue weighted by molar-refractivity contribution is 1.05. The minimum absolute atomic E-state index is 0.905. The molecule has 0 saturated carbocycles. The fourth-order valence-corrected chi connectivity index (χ4v) is 4.51. The molecule has 0 N–H and O–H groups in total. The Morgan fingerprint density at radius 1 is 0.810 bits per heavy atom. The van der Waals surface area contributed by atoms with Crippen molar-refractivity contribution in [3.8, 4) is 11.1 Å². The first-order valence-corrected chi connectivity index (χ1v) is 8.53. The summed E-state index contributed by atoms with van der Waals surface area (Å²) in [6, 6.07) is 15.4. The molecule has 2 aromatic rings. The maximum Gasteiger partial charge on any atom is 0.0330 e. The molecule has 0 unspecified atom stereocenters. The van der Waals surface area contributed by atoms with Gasteiger partial charge in [-0.1, -0.05) is 80.4 Å². The largest absolute Gasteiger partial charge is 0.0619 e. The van der Waals surface area contributed by atoms with Crippen LogP contribution in [0.4, 0.5) is 0 Å². The first kappa shape index (κ1) is 13.5. The van der Waals surface area contributed by atoms with Gasteiger partial charge in [0, 0.05) is 21.0 Å². The second-order valence-electron chi connectivity index (χ2n) is 5.39. The molecule has 0 saturated heterocycles. The van der Waals surface area contributed by atoms with Crippen LogP contribution >= 0.6 is 31.9 Å². The van der Waals surface area contributed by atoms with Crippen molar-refractivity contribution in [1.29, 1.82) is 0 Å². The quantitative estimate of drug-likeness (QED) is 0.474.